The van der Waals surface area contributed by atoms with Crippen molar-refractivity contribution in [3.8, 4) is 11.4 Å². The first kappa shape index (κ1) is 12.8. The van der Waals surface area contributed by atoms with Crippen molar-refractivity contribution in [3.63, 3.8) is 0 Å². The van der Waals surface area contributed by atoms with Gasteiger partial charge in [0.2, 0.25) is 0 Å². The molecule has 0 spiro atoms. The summed E-state index contributed by atoms with van der Waals surface area (Å²) in [5.41, 5.74) is 1.18. The van der Waals surface area contributed by atoms with Gasteiger partial charge in [-0.3, -0.25) is 9.67 Å². The average Bonchev–Trinajstić information content (AvgIpc) is 3.21. The molecule has 2 aromatic rings. The number of hydrogen-bond donors (Lipinski definition) is 1. The van der Waals surface area contributed by atoms with E-state index in [2.05, 4.69) is 38.5 Å². The van der Waals surface area contributed by atoms with E-state index in [0.29, 0.717) is 6.04 Å². The summed E-state index contributed by atoms with van der Waals surface area (Å²) < 4.78 is 3.02. The lowest BCUT2D eigenvalue weighted by molar-refractivity contribution is 0.242. The van der Waals surface area contributed by atoms with E-state index < -0.39 is 0 Å². The highest BCUT2D eigenvalue weighted by Gasteiger charge is 2.42. The topological polar surface area (TPSA) is 33.6 Å². The number of aromatic nitrogens is 3. The standard InChI is InChI=1S/C15H19N3S2/c1-9(13-7-10-2-3-11(13)6-10)18-14(16-17-15(18)19)12-4-5-20-8-12/h4-5,8-11,13H,2-3,6-7H2,1H3,(H,17,19)/t9-,10-,11+,13-/m0/s1. The van der Waals surface area contributed by atoms with E-state index in [1.165, 1.54) is 31.2 Å². The number of H-pyrrole nitrogens is 1. The predicted octanol–water partition coefficient (Wildman–Crippen LogP) is 4.67. The third-order valence-corrected chi connectivity index (χ3v) is 6.27. The molecule has 2 bridgehead atoms. The van der Waals surface area contributed by atoms with Crippen LogP contribution in [0.5, 0.6) is 0 Å². The van der Waals surface area contributed by atoms with Crippen LogP contribution in [0, 0.1) is 22.5 Å². The van der Waals surface area contributed by atoms with Crippen molar-refractivity contribution in [3.05, 3.63) is 21.6 Å². The smallest absolute Gasteiger partial charge is 0.195 e. The van der Waals surface area contributed by atoms with Crippen molar-refractivity contribution in [2.75, 3.05) is 0 Å². The van der Waals surface area contributed by atoms with Crippen LogP contribution in [0.15, 0.2) is 16.8 Å². The molecule has 1 N–H and O–H groups in total. The van der Waals surface area contributed by atoms with Crippen LogP contribution in [-0.2, 0) is 0 Å². The van der Waals surface area contributed by atoms with Crippen LogP contribution in [0.4, 0.5) is 0 Å². The van der Waals surface area contributed by atoms with E-state index in [1.54, 1.807) is 11.3 Å². The second-order valence-corrected chi connectivity index (χ2v) is 7.48. The lowest BCUT2D eigenvalue weighted by Crippen LogP contribution is -2.22. The van der Waals surface area contributed by atoms with Gasteiger partial charge in [0, 0.05) is 17.0 Å². The Labute approximate surface area is 128 Å². The van der Waals surface area contributed by atoms with Gasteiger partial charge in [-0.1, -0.05) is 6.42 Å². The van der Waals surface area contributed by atoms with Crippen LogP contribution < -0.4 is 0 Å². The quantitative estimate of drug-likeness (QED) is 0.836. The Bertz CT molecular complexity index is 655. The third-order valence-electron chi connectivity index (χ3n) is 5.30. The summed E-state index contributed by atoms with van der Waals surface area (Å²) in [6.45, 7) is 2.33. The van der Waals surface area contributed by atoms with Gasteiger partial charge < -0.3 is 0 Å². The number of aromatic amines is 1. The highest BCUT2D eigenvalue weighted by molar-refractivity contribution is 7.71. The second-order valence-electron chi connectivity index (χ2n) is 6.31. The van der Waals surface area contributed by atoms with Gasteiger partial charge in [-0.25, -0.2) is 0 Å². The van der Waals surface area contributed by atoms with Crippen molar-refractivity contribution >= 4 is 23.6 Å². The number of rotatable bonds is 3. The Morgan fingerprint density at radius 1 is 1.45 bits per heavy atom. The highest BCUT2D eigenvalue weighted by Crippen LogP contribution is 2.52. The molecule has 0 amide bonds. The first-order valence-corrected chi connectivity index (χ1v) is 8.78. The van der Waals surface area contributed by atoms with E-state index >= 15 is 0 Å². The van der Waals surface area contributed by atoms with Crippen molar-refractivity contribution < 1.29 is 0 Å². The first-order chi connectivity index (χ1) is 9.74. The molecule has 2 saturated carbocycles. The molecule has 106 valence electrons. The summed E-state index contributed by atoms with van der Waals surface area (Å²) in [6.07, 6.45) is 5.68. The van der Waals surface area contributed by atoms with Gasteiger partial charge in [0.25, 0.3) is 0 Å². The number of nitrogens with zero attached hydrogens (tertiary/aromatic N) is 2. The molecule has 2 aliphatic rings. The molecule has 20 heavy (non-hydrogen) atoms. The molecular formula is C15H19N3S2. The van der Waals surface area contributed by atoms with Crippen molar-refractivity contribution in [2.45, 2.75) is 38.6 Å². The minimum absolute atomic E-state index is 0.450. The van der Waals surface area contributed by atoms with Gasteiger partial charge in [-0.15, -0.1) is 0 Å². The molecule has 0 radical (unpaired) electrons. The van der Waals surface area contributed by atoms with E-state index in [1.807, 2.05) is 0 Å². The Morgan fingerprint density at radius 3 is 3.00 bits per heavy atom. The summed E-state index contributed by atoms with van der Waals surface area (Å²) in [7, 11) is 0. The first-order valence-electron chi connectivity index (χ1n) is 7.43. The zero-order valence-corrected chi connectivity index (χ0v) is 13.2. The Balaban J connectivity index is 1.71. The van der Waals surface area contributed by atoms with Crippen LogP contribution >= 0.6 is 23.6 Å². The molecular weight excluding hydrogens is 286 g/mol. The maximum Gasteiger partial charge on any atom is 0.195 e. The summed E-state index contributed by atoms with van der Waals surface area (Å²) >= 11 is 7.20. The molecule has 3 nitrogen and oxygen atoms in total. The normalized spacial score (nSPS) is 29.9. The molecule has 0 aromatic carbocycles. The minimum atomic E-state index is 0.450. The van der Waals surface area contributed by atoms with Crippen molar-refractivity contribution in [1.29, 1.82) is 0 Å². The molecule has 2 aliphatic carbocycles. The zero-order chi connectivity index (χ0) is 13.7. The lowest BCUT2D eigenvalue weighted by atomic mass is 9.84. The fraction of sp³-hybridized carbons (Fsp3) is 0.600. The predicted molar refractivity (Wildman–Crippen MR) is 84.4 cm³/mol. The van der Waals surface area contributed by atoms with Crippen molar-refractivity contribution in [1.82, 2.24) is 14.8 Å². The Morgan fingerprint density at radius 2 is 2.35 bits per heavy atom. The monoisotopic (exact) mass is 305 g/mol. The fourth-order valence-electron chi connectivity index (χ4n) is 4.35. The van der Waals surface area contributed by atoms with Gasteiger partial charge >= 0.3 is 0 Å². The molecule has 4 atom stereocenters. The van der Waals surface area contributed by atoms with E-state index in [-0.39, 0.29) is 0 Å². The van der Waals surface area contributed by atoms with Gasteiger partial charge in [0.05, 0.1) is 0 Å². The molecule has 5 heteroatoms. The molecule has 0 aliphatic heterocycles. The largest absolute Gasteiger partial charge is 0.297 e. The van der Waals surface area contributed by atoms with Crippen LogP contribution in [0.25, 0.3) is 11.4 Å². The third kappa shape index (κ3) is 1.91. The van der Waals surface area contributed by atoms with Gasteiger partial charge in [-0.05, 0) is 67.6 Å². The molecule has 2 heterocycles. The SMILES string of the molecule is C[C@@H]([C@@H]1C[C@H]2CC[C@@H]1C2)n1c(-c2ccsc2)n[nH]c1=S. The van der Waals surface area contributed by atoms with Crippen LogP contribution in [-0.4, -0.2) is 14.8 Å². The zero-order valence-electron chi connectivity index (χ0n) is 11.6. The van der Waals surface area contributed by atoms with Crippen LogP contribution in [0.1, 0.15) is 38.6 Å². The minimum Gasteiger partial charge on any atom is -0.297 e. The Hall–Kier alpha value is -0.940. The number of thiophene rings is 1. The lowest BCUT2D eigenvalue weighted by Gasteiger charge is -2.29. The van der Waals surface area contributed by atoms with Crippen LogP contribution in [0.2, 0.25) is 0 Å². The molecule has 0 saturated heterocycles. The Kier molecular flexibility index (Phi) is 3.07. The fourth-order valence-corrected chi connectivity index (χ4v) is 5.29. The summed E-state index contributed by atoms with van der Waals surface area (Å²) in [4.78, 5) is 0. The number of nitrogens with one attached hydrogen (secondary N) is 1. The van der Waals surface area contributed by atoms with Crippen LogP contribution in [0.3, 0.4) is 0 Å². The van der Waals surface area contributed by atoms with Crippen molar-refractivity contribution in [2.24, 2.45) is 17.8 Å². The van der Waals surface area contributed by atoms with Gasteiger partial charge in [0.1, 0.15) is 0 Å². The molecule has 2 fully saturated rings. The molecule has 4 rings (SSSR count). The average molecular weight is 305 g/mol. The molecule has 2 aromatic heterocycles. The van der Waals surface area contributed by atoms with E-state index in [4.69, 9.17) is 12.2 Å². The number of hydrogen-bond acceptors (Lipinski definition) is 3. The number of fused-ring (bicyclic) bond motifs is 2. The van der Waals surface area contributed by atoms with E-state index in [9.17, 15) is 0 Å². The highest BCUT2D eigenvalue weighted by atomic mass is 32.1. The summed E-state index contributed by atoms with van der Waals surface area (Å²) in [6, 6.07) is 2.58. The summed E-state index contributed by atoms with van der Waals surface area (Å²) in [5.74, 6) is 3.65. The maximum absolute atomic E-state index is 5.49. The maximum atomic E-state index is 5.49. The second kappa shape index (κ2) is 4.81. The summed E-state index contributed by atoms with van der Waals surface area (Å²) in [5, 5.41) is 11.7. The van der Waals surface area contributed by atoms with Gasteiger partial charge in [0.15, 0.2) is 10.6 Å². The molecule has 0 unspecified atom stereocenters. The van der Waals surface area contributed by atoms with Gasteiger partial charge in [-0.2, -0.15) is 16.4 Å². The van der Waals surface area contributed by atoms with E-state index in [0.717, 1.165) is 28.3 Å².